The molecule has 0 aliphatic rings. The van der Waals surface area contributed by atoms with Gasteiger partial charge in [-0.2, -0.15) is 0 Å². The molecule has 0 aliphatic heterocycles. The molecule has 0 aliphatic carbocycles. The molecule has 10 heteroatoms. The summed E-state index contributed by atoms with van der Waals surface area (Å²) in [6, 6.07) is 18.9. The zero-order valence-electron chi connectivity index (χ0n) is 27.8. The van der Waals surface area contributed by atoms with Crippen molar-refractivity contribution in [2.24, 2.45) is 0 Å². The van der Waals surface area contributed by atoms with Crippen LogP contribution in [0.25, 0.3) is 0 Å². The molecule has 0 N–H and O–H groups in total. The van der Waals surface area contributed by atoms with Gasteiger partial charge in [-0.15, -0.1) is 22.9 Å². The van der Waals surface area contributed by atoms with E-state index in [-0.39, 0.29) is 13.0 Å². The van der Waals surface area contributed by atoms with Gasteiger partial charge in [-0.3, -0.25) is 9.78 Å². The first-order valence-corrected chi connectivity index (χ1v) is 21.2. The van der Waals surface area contributed by atoms with E-state index >= 15 is 0 Å². The largest absolute Gasteiger partial charge is 0.381 e. The van der Waals surface area contributed by atoms with Crippen LogP contribution in [0.4, 0.5) is 0 Å². The number of ether oxygens (including phenoxy) is 2. The molecule has 0 atom stereocenters. The van der Waals surface area contributed by atoms with Crippen LogP contribution in [0.5, 0.6) is 0 Å². The van der Waals surface area contributed by atoms with Crippen LogP contribution >= 0.6 is 0 Å². The van der Waals surface area contributed by atoms with Gasteiger partial charge >= 0.3 is 11.9 Å². The van der Waals surface area contributed by atoms with Crippen molar-refractivity contribution >= 4 is 38.5 Å². The van der Waals surface area contributed by atoms with Crippen molar-refractivity contribution in [3.8, 4) is 0 Å². The lowest BCUT2D eigenvalue weighted by Gasteiger charge is -2.26. The maximum Gasteiger partial charge on any atom is 0.373 e. The summed E-state index contributed by atoms with van der Waals surface area (Å²) in [4.78, 5) is 46.4. The molecule has 0 saturated carbocycles. The lowest BCUT2D eigenvalue weighted by Crippen LogP contribution is -2.44. The van der Waals surface area contributed by atoms with Crippen molar-refractivity contribution in [2.75, 3.05) is 26.4 Å². The highest BCUT2D eigenvalue weighted by Gasteiger charge is 2.29. The molecular weight excluding hydrogens is 605 g/mol. The van der Waals surface area contributed by atoms with Gasteiger partial charge in [-0.25, -0.2) is 9.59 Å². The van der Waals surface area contributed by atoms with Crippen molar-refractivity contribution in [3.05, 3.63) is 84.2 Å². The average Bonchev–Trinajstić information content (AvgIpc) is 3.09. The van der Waals surface area contributed by atoms with E-state index in [0.29, 0.717) is 30.9 Å². The lowest BCUT2D eigenvalue weighted by atomic mass is 10.2. The quantitative estimate of drug-likeness (QED) is 0.0417. The maximum absolute atomic E-state index is 12.8. The van der Waals surface area contributed by atoms with Crippen molar-refractivity contribution in [1.29, 1.82) is 0 Å². The minimum atomic E-state index is -1.80. The van der Waals surface area contributed by atoms with Gasteiger partial charge in [-0.05, 0) is 37.1 Å². The molecule has 0 saturated heterocycles. The van der Waals surface area contributed by atoms with E-state index in [4.69, 9.17) is 29.0 Å². The van der Waals surface area contributed by atoms with E-state index in [1.807, 2.05) is 24.3 Å². The number of carbonyl (C=O) groups is 2. The van der Waals surface area contributed by atoms with Crippen molar-refractivity contribution < 1.29 is 38.6 Å². The zero-order valence-corrected chi connectivity index (χ0v) is 29.8. The predicted molar refractivity (Wildman–Crippen MR) is 184 cm³/mol. The van der Waals surface area contributed by atoms with Crippen LogP contribution in [0.3, 0.4) is 0 Å². The fraction of sp³-hybridized carbons (Fsp3) is 0.486. The summed E-state index contributed by atoms with van der Waals surface area (Å²) in [5, 5.41) is 2.42. The second kappa shape index (κ2) is 20.3. The number of hydrogen-bond acceptors (Lipinski definition) is 8. The van der Waals surface area contributed by atoms with Crippen LogP contribution in [0.1, 0.15) is 74.6 Å². The Hall–Kier alpha value is -2.87. The summed E-state index contributed by atoms with van der Waals surface area (Å²) in [6.45, 7) is 20.9. The number of carbonyl (C=O) groups excluding carboxylic acids is 2. The topological polar surface area (TPSA) is 89.5 Å². The summed E-state index contributed by atoms with van der Waals surface area (Å²) >= 11 is 0. The Morgan fingerprint density at radius 2 is 1.04 bits per heavy atom. The molecular formula is C35H52O8Si2. The molecule has 0 heterocycles. The van der Waals surface area contributed by atoms with E-state index in [1.54, 1.807) is 24.3 Å². The predicted octanol–water partition coefficient (Wildman–Crippen LogP) is 6.95. The molecule has 0 spiro atoms. The van der Waals surface area contributed by atoms with Crippen LogP contribution in [0.15, 0.2) is 73.1 Å². The summed E-state index contributed by atoms with van der Waals surface area (Å²) < 4.78 is 11.1. The summed E-state index contributed by atoms with van der Waals surface area (Å²) in [5.41, 5.74) is 4.84. The summed E-state index contributed by atoms with van der Waals surface area (Å²) in [6.07, 6.45) is 0.650. The van der Waals surface area contributed by atoms with Crippen LogP contribution in [0, 0.1) is 0 Å². The average molecular weight is 657 g/mol. The molecule has 0 aromatic heterocycles. The van der Waals surface area contributed by atoms with Crippen molar-refractivity contribution in [3.63, 3.8) is 0 Å². The third-order valence-electron chi connectivity index (χ3n) is 8.58. The lowest BCUT2D eigenvalue weighted by molar-refractivity contribution is -0.422. The highest BCUT2D eigenvalue weighted by molar-refractivity contribution is 6.96. The summed E-state index contributed by atoms with van der Waals surface area (Å²) in [7, 11) is -3.60. The number of rotatable bonds is 23. The molecule has 8 nitrogen and oxygen atoms in total. The molecule has 0 bridgehead atoms. The van der Waals surface area contributed by atoms with Gasteiger partial charge < -0.3 is 9.47 Å². The minimum Gasteiger partial charge on any atom is -0.381 e. The van der Waals surface area contributed by atoms with Gasteiger partial charge in [0.1, 0.15) is 16.1 Å². The van der Waals surface area contributed by atoms with Crippen LogP contribution in [0.2, 0.25) is 24.2 Å². The zero-order chi connectivity index (χ0) is 33.1. The number of hydrogen-bond donors (Lipinski definition) is 0. The molecule has 0 amide bonds. The molecule has 45 heavy (non-hydrogen) atoms. The third-order valence-corrected chi connectivity index (χ3v) is 18.2. The van der Waals surface area contributed by atoms with Crippen molar-refractivity contribution in [2.45, 2.75) is 84.3 Å². The van der Waals surface area contributed by atoms with E-state index < -0.39 is 34.4 Å². The van der Waals surface area contributed by atoms with Gasteiger partial charge in [0.15, 0.2) is 0 Å². The molecule has 248 valence electrons. The first-order valence-electron chi connectivity index (χ1n) is 16.2. The fourth-order valence-corrected chi connectivity index (χ4v) is 11.1. The Morgan fingerprint density at radius 1 is 0.644 bits per heavy atom. The first kappa shape index (κ1) is 38.3. The van der Waals surface area contributed by atoms with Gasteiger partial charge in [0.25, 0.3) is 0 Å². The first-order chi connectivity index (χ1) is 21.8. The van der Waals surface area contributed by atoms with Crippen LogP contribution in [-0.4, -0.2) is 60.8 Å². The molecule has 0 radical (unpaired) electrons. The Balaban J connectivity index is 2.03. The Morgan fingerprint density at radius 3 is 1.40 bits per heavy atom. The van der Waals surface area contributed by atoms with Crippen LogP contribution in [-0.2, 0) is 29.0 Å². The van der Waals surface area contributed by atoms with E-state index in [0.717, 1.165) is 37.0 Å². The standard InChI is InChI=1S/C35H52O8Si2/c1-8-25-38-26-15-27-39-28-24-33(40-42-34(36)29-16-20-31(21-17-29)44(9-2,10-3)11-4)41-43-35(37)30-18-22-32(23-19-30)45(12-5,13-6)14-7/h9,12,16-23,33H,2,5,8,10-11,13-15,24-28H2,1,3-4,6-7H3. The molecule has 2 aromatic carbocycles. The number of benzene rings is 2. The Bertz CT molecular complexity index is 1090. The highest BCUT2D eigenvalue weighted by Crippen LogP contribution is 2.19. The molecule has 0 fully saturated rings. The van der Waals surface area contributed by atoms with Gasteiger partial charge in [0.2, 0.25) is 6.29 Å². The van der Waals surface area contributed by atoms with Crippen LogP contribution < -0.4 is 10.4 Å². The third kappa shape index (κ3) is 11.2. The second-order valence-electron chi connectivity index (χ2n) is 11.0. The molecule has 0 unspecified atom stereocenters. The van der Waals surface area contributed by atoms with E-state index in [1.165, 1.54) is 10.4 Å². The second-order valence-corrected chi connectivity index (χ2v) is 20.4. The monoisotopic (exact) mass is 656 g/mol. The molecule has 2 aromatic rings. The van der Waals surface area contributed by atoms with Gasteiger partial charge in [-0.1, -0.05) is 105 Å². The SMILES string of the molecule is C=C[Si](CC)(CC)c1ccc(C(=O)OOC(CCOCCCOCCC)OOC(=O)c2ccc([Si](C=C)(CC)CC)cc2)cc1. The van der Waals surface area contributed by atoms with Gasteiger partial charge in [0, 0.05) is 26.2 Å². The Labute approximate surface area is 271 Å². The van der Waals surface area contributed by atoms with Crippen molar-refractivity contribution in [1.82, 2.24) is 0 Å². The highest BCUT2D eigenvalue weighted by atomic mass is 28.3. The normalized spacial score (nSPS) is 11.8. The van der Waals surface area contributed by atoms with Gasteiger partial charge in [0.05, 0.1) is 17.7 Å². The summed E-state index contributed by atoms with van der Waals surface area (Å²) in [5.74, 6) is -1.38. The fourth-order valence-electron chi connectivity index (χ4n) is 5.20. The van der Waals surface area contributed by atoms with E-state index in [9.17, 15) is 9.59 Å². The Kier molecular flexibility index (Phi) is 17.3. The molecule has 2 rings (SSSR count). The van der Waals surface area contributed by atoms with E-state index in [2.05, 4.69) is 59.2 Å². The maximum atomic E-state index is 12.8. The smallest absolute Gasteiger partial charge is 0.373 e. The minimum absolute atomic E-state index is 0.148.